The number of nitrogens with zero attached hydrogens (tertiary/aromatic N) is 3. The zero-order valence-electron chi connectivity index (χ0n) is 11.4. The SMILES string of the molecule is Cc1ccc(-c2ccc(-c3nn[nH]n3)cc2)cc1C(N)=O. The van der Waals surface area contributed by atoms with Gasteiger partial charge in [-0.05, 0) is 34.9 Å². The van der Waals surface area contributed by atoms with Crippen molar-refractivity contribution in [3.05, 3.63) is 53.6 Å². The van der Waals surface area contributed by atoms with E-state index < -0.39 is 5.91 Å². The van der Waals surface area contributed by atoms with Gasteiger partial charge in [0.2, 0.25) is 11.7 Å². The Balaban J connectivity index is 1.98. The molecule has 6 heteroatoms. The Morgan fingerprint density at radius 2 is 1.71 bits per heavy atom. The molecule has 3 N–H and O–H groups in total. The van der Waals surface area contributed by atoms with E-state index >= 15 is 0 Å². The largest absolute Gasteiger partial charge is 0.366 e. The number of benzene rings is 2. The van der Waals surface area contributed by atoms with Crippen molar-refractivity contribution in [3.63, 3.8) is 0 Å². The molecule has 6 nitrogen and oxygen atoms in total. The average molecular weight is 279 g/mol. The Labute approximate surface area is 121 Å². The predicted molar refractivity (Wildman–Crippen MR) is 78.3 cm³/mol. The minimum Gasteiger partial charge on any atom is -0.366 e. The summed E-state index contributed by atoms with van der Waals surface area (Å²) in [6, 6.07) is 13.4. The normalized spacial score (nSPS) is 10.5. The monoisotopic (exact) mass is 279 g/mol. The lowest BCUT2D eigenvalue weighted by molar-refractivity contribution is 0.1000. The summed E-state index contributed by atoms with van der Waals surface area (Å²) in [5, 5.41) is 13.8. The molecule has 0 aliphatic rings. The third kappa shape index (κ3) is 2.51. The smallest absolute Gasteiger partial charge is 0.248 e. The van der Waals surface area contributed by atoms with Crippen molar-refractivity contribution in [3.8, 4) is 22.5 Å². The molecule has 0 fully saturated rings. The number of aromatic nitrogens is 4. The maximum Gasteiger partial charge on any atom is 0.248 e. The topological polar surface area (TPSA) is 97.6 Å². The van der Waals surface area contributed by atoms with E-state index in [1.165, 1.54) is 0 Å². The molecule has 1 amide bonds. The molecule has 0 aliphatic heterocycles. The van der Waals surface area contributed by atoms with E-state index in [0.717, 1.165) is 22.3 Å². The number of H-pyrrole nitrogens is 1. The average Bonchev–Trinajstić information content (AvgIpc) is 3.02. The number of rotatable bonds is 3. The molecule has 0 unspecified atom stereocenters. The zero-order valence-corrected chi connectivity index (χ0v) is 11.4. The highest BCUT2D eigenvalue weighted by Crippen LogP contribution is 2.24. The lowest BCUT2D eigenvalue weighted by Gasteiger charge is -2.07. The van der Waals surface area contributed by atoms with Crippen molar-refractivity contribution in [2.45, 2.75) is 6.92 Å². The summed E-state index contributed by atoms with van der Waals surface area (Å²) in [5.74, 6) is 0.126. The van der Waals surface area contributed by atoms with Crippen LogP contribution < -0.4 is 5.73 Å². The Bertz CT molecular complexity index is 778. The van der Waals surface area contributed by atoms with E-state index in [1.807, 2.05) is 43.3 Å². The van der Waals surface area contributed by atoms with E-state index in [0.29, 0.717) is 11.4 Å². The van der Waals surface area contributed by atoms with Crippen LogP contribution >= 0.6 is 0 Å². The van der Waals surface area contributed by atoms with Crippen LogP contribution in [0.5, 0.6) is 0 Å². The van der Waals surface area contributed by atoms with E-state index in [-0.39, 0.29) is 0 Å². The first-order valence-corrected chi connectivity index (χ1v) is 6.40. The molecule has 2 aromatic carbocycles. The number of amides is 1. The maximum absolute atomic E-state index is 11.4. The van der Waals surface area contributed by atoms with Gasteiger partial charge in [0, 0.05) is 11.1 Å². The summed E-state index contributed by atoms with van der Waals surface area (Å²) in [5.41, 5.74) is 9.59. The summed E-state index contributed by atoms with van der Waals surface area (Å²) >= 11 is 0. The molecule has 0 bridgehead atoms. The minimum atomic E-state index is -0.419. The molecule has 0 saturated carbocycles. The molecule has 1 heterocycles. The second kappa shape index (κ2) is 5.16. The standard InChI is InChI=1S/C15H13N5O/c1-9-2-3-12(8-13(9)14(16)21)10-4-6-11(7-5-10)15-17-19-20-18-15/h2-8H,1H3,(H2,16,21)(H,17,18,19,20). The number of nitrogens with two attached hydrogens (primary N) is 1. The lowest BCUT2D eigenvalue weighted by Crippen LogP contribution is -2.12. The minimum absolute atomic E-state index is 0.419. The van der Waals surface area contributed by atoms with Crippen LogP contribution in [0.3, 0.4) is 0 Å². The molecule has 0 atom stereocenters. The third-order valence-electron chi connectivity index (χ3n) is 3.32. The zero-order chi connectivity index (χ0) is 14.8. The van der Waals surface area contributed by atoms with Gasteiger partial charge in [-0.1, -0.05) is 36.4 Å². The Kier molecular flexibility index (Phi) is 3.19. The summed E-state index contributed by atoms with van der Waals surface area (Å²) < 4.78 is 0. The molecule has 0 saturated heterocycles. The van der Waals surface area contributed by atoms with Crippen LogP contribution in [0.4, 0.5) is 0 Å². The van der Waals surface area contributed by atoms with Gasteiger partial charge in [-0.2, -0.15) is 5.21 Å². The highest BCUT2D eigenvalue weighted by Gasteiger charge is 2.08. The van der Waals surface area contributed by atoms with Gasteiger partial charge >= 0.3 is 0 Å². The van der Waals surface area contributed by atoms with E-state index in [9.17, 15) is 4.79 Å². The quantitative estimate of drug-likeness (QED) is 0.765. The van der Waals surface area contributed by atoms with Crippen LogP contribution in [0, 0.1) is 6.92 Å². The van der Waals surface area contributed by atoms with Crippen molar-refractivity contribution < 1.29 is 4.79 Å². The van der Waals surface area contributed by atoms with Gasteiger partial charge in [-0.15, -0.1) is 10.2 Å². The first-order chi connectivity index (χ1) is 10.1. The number of primary amides is 1. The van der Waals surface area contributed by atoms with Gasteiger partial charge in [0.1, 0.15) is 0 Å². The molecule has 0 radical (unpaired) electrons. The van der Waals surface area contributed by atoms with E-state index in [2.05, 4.69) is 20.6 Å². The number of carbonyl (C=O) groups excluding carboxylic acids is 1. The maximum atomic E-state index is 11.4. The van der Waals surface area contributed by atoms with Crippen molar-refractivity contribution in [1.29, 1.82) is 0 Å². The van der Waals surface area contributed by atoms with Gasteiger partial charge in [-0.3, -0.25) is 4.79 Å². The van der Waals surface area contributed by atoms with Crippen LogP contribution in [0.25, 0.3) is 22.5 Å². The van der Waals surface area contributed by atoms with Gasteiger partial charge in [-0.25, -0.2) is 0 Å². The Hall–Kier alpha value is -3.02. The predicted octanol–water partition coefficient (Wildman–Crippen LogP) is 1.94. The first kappa shape index (κ1) is 13.0. The van der Waals surface area contributed by atoms with Gasteiger partial charge < -0.3 is 5.73 Å². The van der Waals surface area contributed by atoms with Gasteiger partial charge in [0.25, 0.3) is 0 Å². The molecule has 0 spiro atoms. The number of tetrazole rings is 1. The fourth-order valence-electron chi connectivity index (χ4n) is 2.16. The summed E-state index contributed by atoms with van der Waals surface area (Å²) in [6.07, 6.45) is 0. The number of nitrogens with one attached hydrogen (secondary N) is 1. The van der Waals surface area contributed by atoms with Crippen molar-refractivity contribution in [2.75, 3.05) is 0 Å². The van der Waals surface area contributed by atoms with Gasteiger partial charge in [0.05, 0.1) is 0 Å². The van der Waals surface area contributed by atoms with Crippen LogP contribution in [0.15, 0.2) is 42.5 Å². The Morgan fingerprint density at radius 1 is 1.05 bits per heavy atom. The molecule has 3 aromatic rings. The van der Waals surface area contributed by atoms with E-state index in [1.54, 1.807) is 6.07 Å². The van der Waals surface area contributed by atoms with Gasteiger partial charge in [0.15, 0.2) is 0 Å². The lowest BCUT2D eigenvalue weighted by atomic mass is 9.98. The van der Waals surface area contributed by atoms with Crippen LogP contribution in [0.1, 0.15) is 15.9 Å². The number of hydrogen-bond donors (Lipinski definition) is 2. The third-order valence-corrected chi connectivity index (χ3v) is 3.32. The molecule has 21 heavy (non-hydrogen) atoms. The second-order valence-electron chi connectivity index (χ2n) is 4.71. The van der Waals surface area contributed by atoms with E-state index in [4.69, 9.17) is 5.73 Å². The number of carbonyl (C=O) groups is 1. The highest BCUT2D eigenvalue weighted by molar-refractivity contribution is 5.95. The Morgan fingerprint density at radius 3 is 2.33 bits per heavy atom. The van der Waals surface area contributed by atoms with Crippen molar-refractivity contribution in [2.24, 2.45) is 5.73 Å². The van der Waals surface area contributed by atoms with Crippen molar-refractivity contribution in [1.82, 2.24) is 20.6 Å². The van der Waals surface area contributed by atoms with Crippen molar-refractivity contribution >= 4 is 5.91 Å². The number of aryl methyl sites for hydroxylation is 1. The summed E-state index contributed by atoms with van der Waals surface area (Å²) in [7, 11) is 0. The van der Waals surface area contributed by atoms with Crippen LogP contribution in [0.2, 0.25) is 0 Å². The first-order valence-electron chi connectivity index (χ1n) is 6.40. The molecule has 104 valence electrons. The summed E-state index contributed by atoms with van der Waals surface area (Å²) in [6.45, 7) is 1.86. The molecule has 0 aliphatic carbocycles. The highest BCUT2D eigenvalue weighted by atomic mass is 16.1. The molecule has 1 aromatic heterocycles. The molecule has 3 rings (SSSR count). The number of hydrogen-bond acceptors (Lipinski definition) is 4. The molecular weight excluding hydrogens is 266 g/mol. The van der Waals surface area contributed by atoms with Crippen LogP contribution in [-0.4, -0.2) is 26.5 Å². The molecular formula is C15H13N5O. The second-order valence-corrected chi connectivity index (χ2v) is 4.71. The summed E-state index contributed by atoms with van der Waals surface area (Å²) in [4.78, 5) is 11.4. The number of aromatic amines is 1. The van der Waals surface area contributed by atoms with Crippen LogP contribution in [-0.2, 0) is 0 Å². The fourth-order valence-corrected chi connectivity index (χ4v) is 2.16. The fraction of sp³-hybridized carbons (Fsp3) is 0.0667.